The highest BCUT2D eigenvalue weighted by Crippen LogP contribution is 2.10. The Labute approximate surface area is 109 Å². The topological polar surface area (TPSA) is 37.3 Å². The van der Waals surface area contributed by atoms with Crippen LogP contribution >= 0.6 is 0 Å². The average Bonchev–Trinajstić information content (AvgIpc) is 2.36. The first-order chi connectivity index (χ1) is 8.72. The van der Waals surface area contributed by atoms with Crippen LogP contribution in [0.3, 0.4) is 0 Å². The average molecular weight is 246 g/mol. The predicted molar refractivity (Wildman–Crippen MR) is 75.6 cm³/mol. The summed E-state index contributed by atoms with van der Waals surface area (Å²) in [7, 11) is 0. The van der Waals surface area contributed by atoms with E-state index in [1.165, 1.54) is 31.2 Å². The van der Waals surface area contributed by atoms with Crippen molar-refractivity contribution in [2.45, 2.75) is 45.4 Å². The van der Waals surface area contributed by atoms with Gasteiger partial charge in [0.15, 0.2) is 0 Å². The van der Waals surface area contributed by atoms with Crippen LogP contribution in [0.2, 0.25) is 0 Å². The zero-order valence-corrected chi connectivity index (χ0v) is 11.1. The van der Waals surface area contributed by atoms with Crippen LogP contribution in [0.25, 0.3) is 6.08 Å². The van der Waals surface area contributed by atoms with Gasteiger partial charge in [0.2, 0.25) is 0 Å². The first-order valence-corrected chi connectivity index (χ1v) is 6.69. The van der Waals surface area contributed by atoms with Gasteiger partial charge in [-0.15, -0.1) is 0 Å². The summed E-state index contributed by atoms with van der Waals surface area (Å²) >= 11 is 0. The van der Waals surface area contributed by atoms with Crippen LogP contribution in [0.5, 0.6) is 0 Å². The number of hydrogen-bond acceptors (Lipinski definition) is 1. The van der Waals surface area contributed by atoms with Gasteiger partial charge in [0.05, 0.1) is 6.42 Å². The summed E-state index contributed by atoms with van der Waals surface area (Å²) in [5, 5.41) is 8.53. The fraction of sp³-hybridized carbons (Fsp3) is 0.438. The van der Waals surface area contributed by atoms with Gasteiger partial charge in [0.1, 0.15) is 0 Å². The zero-order valence-electron chi connectivity index (χ0n) is 11.1. The smallest absolute Gasteiger partial charge is 0.307 e. The number of hydrogen-bond donors (Lipinski definition) is 1. The van der Waals surface area contributed by atoms with Crippen LogP contribution in [0.4, 0.5) is 0 Å². The summed E-state index contributed by atoms with van der Waals surface area (Å²) in [5.41, 5.74) is 2.43. The van der Waals surface area contributed by atoms with Gasteiger partial charge in [0, 0.05) is 0 Å². The lowest BCUT2D eigenvalue weighted by molar-refractivity contribution is -0.135. The summed E-state index contributed by atoms with van der Waals surface area (Å²) in [6, 6.07) is 8.36. The second kappa shape index (κ2) is 8.51. The summed E-state index contributed by atoms with van der Waals surface area (Å²) in [5.74, 6) is -0.793. The quantitative estimate of drug-likeness (QED) is 0.694. The third-order valence-corrected chi connectivity index (χ3v) is 2.90. The number of carbonyl (C=O) groups is 1. The molecule has 0 bridgehead atoms. The predicted octanol–water partition coefficient (Wildman–Crippen LogP) is 4.30. The summed E-state index contributed by atoms with van der Waals surface area (Å²) in [6.45, 7) is 2.22. The molecule has 0 aliphatic rings. The van der Waals surface area contributed by atoms with Crippen LogP contribution in [-0.4, -0.2) is 11.1 Å². The molecular weight excluding hydrogens is 224 g/mol. The van der Waals surface area contributed by atoms with E-state index in [0.717, 1.165) is 12.0 Å². The molecule has 0 amide bonds. The van der Waals surface area contributed by atoms with Gasteiger partial charge in [0.25, 0.3) is 0 Å². The largest absolute Gasteiger partial charge is 0.481 e. The van der Waals surface area contributed by atoms with Crippen molar-refractivity contribution in [3.63, 3.8) is 0 Å². The van der Waals surface area contributed by atoms with Crippen molar-refractivity contribution in [2.75, 3.05) is 0 Å². The van der Waals surface area contributed by atoms with Crippen molar-refractivity contribution < 1.29 is 9.90 Å². The molecule has 1 aromatic rings. The molecule has 0 atom stereocenters. The van der Waals surface area contributed by atoms with Gasteiger partial charge < -0.3 is 5.11 Å². The molecular formula is C16H22O2. The summed E-state index contributed by atoms with van der Waals surface area (Å²) < 4.78 is 0. The van der Waals surface area contributed by atoms with Gasteiger partial charge in [-0.25, -0.2) is 0 Å². The summed E-state index contributed by atoms with van der Waals surface area (Å²) in [6.07, 6.45) is 9.90. The van der Waals surface area contributed by atoms with E-state index in [4.69, 9.17) is 5.11 Å². The first kappa shape index (κ1) is 14.5. The molecule has 0 radical (unpaired) electrons. The van der Waals surface area contributed by atoms with Crippen LogP contribution < -0.4 is 0 Å². The lowest BCUT2D eigenvalue weighted by Crippen LogP contribution is -1.89. The van der Waals surface area contributed by atoms with Crippen molar-refractivity contribution >= 4 is 12.0 Å². The third kappa shape index (κ3) is 6.24. The molecule has 0 aromatic heterocycles. The van der Waals surface area contributed by atoms with E-state index in [1.807, 2.05) is 18.2 Å². The number of carboxylic acid groups (broad SMARTS) is 1. The maximum Gasteiger partial charge on any atom is 0.307 e. The molecule has 0 aliphatic carbocycles. The Hall–Kier alpha value is -1.57. The number of benzene rings is 1. The standard InChI is InChI=1S/C16H22O2/c1-2-3-4-5-7-14-10-12-15(13-11-14)8-6-9-16(17)18/h6,8,10-13H,2-5,7,9H2,1H3,(H,17,18). The molecule has 2 nitrogen and oxygen atoms in total. The minimum absolute atomic E-state index is 0.0821. The van der Waals surface area contributed by atoms with Crippen LogP contribution in [0.1, 0.15) is 50.2 Å². The molecule has 0 saturated heterocycles. The Morgan fingerprint density at radius 2 is 1.89 bits per heavy atom. The third-order valence-electron chi connectivity index (χ3n) is 2.90. The number of aliphatic carboxylic acids is 1. The lowest BCUT2D eigenvalue weighted by atomic mass is 10.0. The Morgan fingerprint density at radius 1 is 1.17 bits per heavy atom. The molecule has 1 N–H and O–H groups in total. The molecule has 0 fully saturated rings. The number of rotatable bonds is 8. The van der Waals surface area contributed by atoms with Gasteiger partial charge in [-0.05, 0) is 24.0 Å². The van der Waals surface area contributed by atoms with E-state index in [2.05, 4.69) is 19.1 Å². The Balaban J connectivity index is 2.37. The number of unbranched alkanes of at least 4 members (excludes halogenated alkanes) is 3. The maximum absolute atomic E-state index is 10.4. The SMILES string of the molecule is CCCCCCc1ccc(C=CCC(=O)O)cc1. The Bertz CT molecular complexity index is 377. The molecule has 0 spiro atoms. The lowest BCUT2D eigenvalue weighted by Gasteiger charge is -2.01. The normalized spacial score (nSPS) is 10.9. The van der Waals surface area contributed by atoms with Crippen molar-refractivity contribution in [3.8, 4) is 0 Å². The Morgan fingerprint density at radius 3 is 2.50 bits per heavy atom. The van der Waals surface area contributed by atoms with Crippen molar-refractivity contribution in [2.24, 2.45) is 0 Å². The van der Waals surface area contributed by atoms with Gasteiger partial charge in [-0.3, -0.25) is 4.79 Å². The molecule has 18 heavy (non-hydrogen) atoms. The van der Waals surface area contributed by atoms with Gasteiger partial charge in [-0.2, -0.15) is 0 Å². The minimum Gasteiger partial charge on any atom is -0.481 e. The number of carboxylic acids is 1. The van der Waals surface area contributed by atoms with E-state index < -0.39 is 5.97 Å². The molecule has 1 aromatic carbocycles. The van der Waals surface area contributed by atoms with Gasteiger partial charge in [-0.1, -0.05) is 62.6 Å². The van der Waals surface area contributed by atoms with E-state index in [-0.39, 0.29) is 6.42 Å². The van der Waals surface area contributed by atoms with E-state index in [1.54, 1.807) is 6.08 Å². The van der Waals surface area contributed by atoms with Crippen LogP contribution in [0, 0.1) is 0 Å². The van der Waals surface area contributed by atoms with E-state index in [0.29, 0.717) is 0 Å². The van der Waals surface area contributed by atoms with E-state index >= 15 is 0 Å². The maximum atomic E-state index is 10.4. The molecule has 98 valence electrons. The van der Waals surface area contributed by atoms with Gasteiger partial charge >= 0.3 is 5.97 Å². The Kier molecular flexibility index (Phi) is 6.85. The molecule has 2 heteroatoms. The molecule has 0 unspecified atom stereocenters. The fourth-order valence-corrected chi connectivity index (χ4v) is 1.85. The van der Waals surface area contributed by atoms with Crippen LogP contribution in [-0.2, 0) is 11.2 Å². The monoisotopic (exact) mass is 246 g/mol. The zero-order chi connectivity index (χ0) is 13.2. The van der Waals surface area contributed by atoms with E-state index in [9.17, 15) is 4.79 Å². The molecule has 0 heterocycles. The summed E-state index contributed by atoms with van der Waals surface area (Å²) in [4.78, 5) is 10.4. The number of aryl methyl sites for hydroxylation is 1. The second-order valence-corrected chi connectivity index (χ2v) is 4.55. The molecule has 0 aliphatic heterocycles. The highest BCUT2D eigenvalue weighted by molar-refractivity contribution is 5.70. The molecule has 1 rings (SSSR count). The second-order valence-electron chi connectivity index (χ2n) is 4.55. The minimum atomic E-state index is -0.793. The first-order valence-electron chi connectivity index (χ1n) is 6.69. The van der Waals surface area contributed by atoms with Crippen molar-refractivity contribution in [1.29, 1.82) is 0 Å². The highest BCUT2D eigenvalue weighted by atomic mass is 16.4. The molecule has 0 saturated carbocycles. The van der Waals surface area contributed by atoms with Crippen molar-refractivity contribution in [3.05, 3.63) is 41.5 Å². The fourth-order valence-electron chi connectivity index (χ4n) is 1.85. The highest BCUT2D eigenvalue weighted by Gasteiger charge is 1.94. The van der Waals surface area contributed by atoms with Crippen LogP contribution in [0.15, 0.2) is 30.3 Å². The van der Waals surface area contributed by atoms with Crippen molar-refractivity contribution in [1.82, 2.24) is 0 Å².